The maximum atomic E-state index is 10.0. The van der Waals surface area contributed by atoms with Crippen LogP contribution in [-0.2, 0) is 0 Å². The van der Waals surface area contributed by atoms with Gasteiger partial charge in [-0.15, -0.1) is 0 Å². The number of nitriles is 2. The zero-order valence-electron chi connectivity index (χ0n) is 17.8. The van der Waals surface area contributed by atoms with Crippen LogP contribution < -0.4 is 0 Å². The van der Waals surface area contributed by atoms with Gasteiger partial charge in [0.15, 0.2) is 0 Å². The van der Waals surface area contributed by atoms with Gasteiger partial charge in [0, 0.05) is 0 Å². The standard InChI is InChI=1S/C20H40N3P/c1-11-12-13-14-15-24(18(2,3)4,19(5,6)7,20(8,9)10)23(16-21)17-22/h11-15H2,1-10H3. The van der Waals surface area contributed by atoms with Crippen LogP contribution in [0, 0.1) is 22.9 Å². The van der Waals surface area contributed by atoms with Gasteiger partial charge in [0.25, 0.3) is 0 Å². The average Bonchev–Trinajstić information content (AvgIpc) is 2.38. The zero-order chi connectivity index (χ0) is 19.5. The van der Waals surface area contributed by atoms with Gasteiger partial charge in [-0.05, 0) is 0 Å². The van der Waals surface area contributed by atoms with Crippen molar-refractivity contribution in [3.63, 3.8) is 0 Å². The van der Waals surface area contributed by atoms with Crippen LogP contribution in [0.1, 0.15) is 94.9 Å². The summed E-state index contributed by atoms with van der Waals surface area (Å²) in [5, 5.41) is 19.6. The van der Waals surface area contributed by atoms with Crippen molar-refractivity contribution in [1.29, 1.82) is 10.5 Å². The Morgan fingerprint density at radius 3 is 1.33 bits per heavy atom. The van der Waals surface area contributed by atoms with Crippen LogP contribution in [0.5, 0.6) is 0 Å². The fourth-order valence-electron chi connectivity index (χ4n) is 6.09. The average molecular weight is 354 g/mol. The van der Waals surface area contributed by atoms with Gasteiger partial charge < -0.3 is 0 Å². The van der Waals surface area contributed by atoms with Gasteiger partial charge in [-0.25, -0.2) is 0 Å². The van der Waals surface area contributed by atoms with Gasteiger partial charge in [-0.1, -0.05) is 0 Å². The van der Waals surface area contributed by atoms with E-state index in [1.54, 1.807) is 4.67 Å². The summed E-state index contributed by atoms with van der Waals surface area (Å²) in [5.41, 5.74) is 0. The number of hydrogen-bond donors (Lipinski definition) is 0. The van der Waals surface area contributed by atoms with Gasteiger partial charge >= 0.3 is 151 Å². The second-order valence-corrected chi connectivity index (χ2v) is 17.4. The van der Waals surface area contributed by atoms with E-state index >= 15 is 0 Å². The summed E-state index contributed by atoms with van der Waals surface area (Å²) >= 11 is 0. The van der Waals surface area contributed by atoms with Crippen molar-refractivity contribution in [3.8, 4) is 12.4 Å². The SMILES string of the molecule is CCCCCCP(N(C#N)C#N)(C(C)(C)C)(C(C)(C)C)C(C)(C)C. The molecule has 0 radical (unpaired) electrons. The molecule has 0 rings (SSSR count). The minimum atomic E-state index is -3.03. The van der Waals surface area contributed by atoms with Crippen LogP contribution >= 0.6 is 6.75 Å². The summed E-state index contributed by atoms with van der Waals surface area (Å²) in [7, 11) is 0. The van der Waals surface area contributed by atoms with Crippen LogP contribution in [-0.4, -0.2) is 26.3 Å². The molecule has 24 heavy (non-hydrogen) atoms. The van der Waals surface area contributed by atoms with Crippen molar-refractivity contribution in [1.82, 2.24) is 4.67 Å². The Bertz CT molecular complexity index is 451. The van der Waals surface area contributed by atoms with Crippen molar-refractivity contribution in [2.75, 3.05) is 6.16 Å². The molecule has 0 atom stereocenters. The second kappa shape index (κ2) is 7.22. The topological polar surface area (TPSA) is 50.8 Å². The fourth-order valence-corrected chi connectivity index (χ4v) is 17.4. The molecule has 140 valence electrons. The number of nitrogens with zero attached hydrogens (tertiary/aromatic N) is 3. The summed E-state index contributed by atoms with van der Waals surface area (Å²) in [5.74, 6) is 0. The Labute approximate surface area is 151 Å². The Balaban J connectivity index is 6.92. The Kier molecular flexibility index (Phi) is 6.98. The van der Waals surface area contributed by atoms with Gasteiger partial charge in [0.05, 0.1) is 0 Å². The summed E-state index contributed by atoms with van der Waals surface area (Å²) in [6, 6.07) is 0. The summed E-state index contributed by atoms with van der Waals surface area (Å²) in [6.45, 7) is 19.5. The molecule has 0 saturated carbocycles. The molecule has 0 aromatic rings. The number of hydrogen-bond acceptors (Lipinski definition) is 3. The van der Waals surface area contributed by atoms with Gasteiger partial charge in [-0.3, -0.25) is 0 Å². The molecular formula is C20H40N3P. The molecular weight excluding hydrogens is 313 g/mol. The third-order valence-electron chi connectivity index (χ3n) is 6.41. The Hall–Kier alpha value is -0.790. The molecule has 0 unspecified atom stereocenters. The van der Waals surface area contributed by atoms with Crippen molar-refractivity contribution in [2.45, 2.75) is 110 Å². The normalized spacial score (nSPS) is 15.1. The van der Waals surface area contributed by atoms with Gasteiger partial charge in [0.2, 0.25) is 0 Å². The van der Waals surface area contributed by atoms with Gasteiger partial charge in [0.1, 0.15) is 0 Å². The summed E-state index contributed by atoms with van der Waals surface area (Å²) < 4.78 is 1.58. The summed E-state index contributed by atoms with van der Waals surface area (Å²) in [6.07, 6.45) is 10.3. The van der Waals surface area contributed by atoms with E-state index in [0.29, 0.717) is 0 Å². The van der Waals surface area contributed by atoms with Gasteiger partial charge in [-0.2, -0.15) is 0 Å². The third-order valence-corrected chi connectivity index (χ3v) is 17.3. The van der Waals surface area contributed by atoms with E-state index in [0.717, 1.165) is 12.6 Å². The minimum absolute atomic E-state index is 0.139. The molecule has 0 aliphatic carbocycles. The van der Waals surface area contributed by atoms with Crippen molar-refractivity contribution in [3.05, 3.63) is 0 Å². The predicted molar refractivity (Wildman–Crippen MR) is 108 cm³/mol. The molecule has 0 aromatic carbocycles. The molecule has 0 aliphatic heterocycles. The molecule has 0 saturated heterocycles. The van der Waals surface area contributed by atoms with E-state index in [1.807, 2.05) is 0 Å². The number of rotatable bonds is 6. The molecule has 0 N–H and O–H groups in total. The van der Waals surface area contributed by atoms with E-state index in [4.69, 9.17) is 0 Å². The molecule has 0 amide bonds. The third kappa shape index (κ3) is 2.84. The van der Waals surface area contributed by atoms with Crippen LogP contribution in [0.25, 0.3) is 0 Å². The van der Waals surface area contributed by atoms with E-state index in [9.17, 15) is 10.5 Å². The predicted octanol–water partition coefficient (Wildman–Crippen LogP) is 6.69. The molecule has 4 heteroatoms. The molecule has 0 aromatic heterocycles. The van der Waals surface area contributed by atoms with E-state index < -0.39 is 6.75 Å². The first-order chi connectivity index (χ1) is 10.7. The van der Waals surface area contributed by atoms with Crippen molar-refractivity contribution >= 4 is 6.75 Å². The summed E-state index contributed by atoms with van der Waals surface area (Å²) in [4.78, 5) is 0. The van der Waals surface area contributed by atoms with E-state index in [1.165, 1.54) is 19.3 Å². The fraction of sp³-hybridized carbons (Fsp3) is 0.900. The van der Waals surface area contributed by atoms with E-state index in [2.05, 4.69) is 81.6 Å². The first-order valence-electron chi connectivity index (χ1n) is 9.29. The van der Waals surface area contributed by atoms with Crippen LogP contribution in [0.2, 0.25) is 0 Å². The number of unbranched alkanes of at least 4 members (excludes halogenated alkanes) is 3. The molecule has 0 bridgehead atoms. The van der Waals surface area contributed by atoms with Crippen molar-refractivity contribution < 1.29 is 0 Å². The second-order valence-electron chi connectivity index (χ2n) is 10.1. The molecule has 0 heterocycles. The Morgan fingerprint density at radius 2 is 1.08 bits per heavy atom. The van der Waals surface area contributed by atoms with E-state index in [-0.39, 0.29) is 15.5 Å². The van der Waals surface area contributed by atoms with Crippen LogP contribution in [0.15, 0.2) is 0 Å². The van der Waals surface area contributed by atoms with Crippen LogP contribution in [0.3, 0.4) is 0 Å². The maximum absolute atomic E-state index is 10.0. The molecule has 0 aliphatic rings. The Morgan fingerprint density at radius 1 is 0.708 bits per heavy atom. The molecule has 0 spiro atoms. The molecule has 0 fully saturated rings. The monoisotopic (exact) mass is 353 g/mol. The first-order valence-corrected chi connectivity index (χ1v) is 11.7. The molecule has 3 nitrogen and oxygen atoms in total. The van der Waals surface area contributed by atoms with Crippen LogP contribution in [0.4, 0.5) is 0 Å². The van der Waals surface area contributed by atoms with Crippen molar-refractivity contribution in [2.24, 2.45) is 0 Å². The quantitative estimate of drug-likeness (QED) is 0.231. The zero-order valence-corrected chi connectivity index (χ0v) is 18.7. The first kappa shape index (κ1) is 23.2.